The molecule has 0 aliphatic rings. The van der Waals surface area contributed by atoms with E-state index >= 15 is 0 Å². The molecule has 4 rings (SSSR count). The molecule has 0 bridgehead atoms. The van der Waals surface area contributed by atoms with E-state index in [0.717, 1.165) is 34.6 Å². The Hall–Kier alpha value is -3.61. The number of aryl methyl sites for hydroxylation is 1. The van der Waals surface area contributed by atoms with Gasteiger partial charge in [0.15, 0.2) is 0 Å². The quantitative estimate of drug-likeness (QED) is 0.437. The van der Waals surface area contributed by atoms with Crippen LogP contribution in [0.2, 0.25) is 0 Å². The summed E-state index contributed by atoms with van der Waals surface area (Å²) in [5, 5.41) is 0. The topological polar surface area (TPSA) is 50.8 Å². The molecule has 0 fully saturated rings. The monoisotopic (exact) mass is 409 g/mol. The zero-order valence-corrected chi connectivity index (χ0v) is 16.1. The molecule has 0 spiro atoms. The summed E-state index contributed by atoms with van der Waals surface area (Å²) in [6.45, 7) is 2.38. The van der Waals surface area contributed by atoms with Gasteiger partial charge in [-0.05, 0) is 48.9 Å². The van der Waals surface area contributed by atoms with Gasteiger partial charge in [-0.2, -0.15) is 13.2 Å². The number of benzene rings is 2. The second-order valence-corrected chi connectivity index (χ2v) is 6.84. The van der Waals surface area contributed by atoms with Gasteiger partial charge in [-0.3, -0.25) is 4.98 Å². The van der Waals surface area contributed by atoms with E-state index in [1.165, 1.54) is 12.1 Å². The van der Waals surface area contributed by atoms with E-state index in [1.54, 1.807) is 18.6 Å². The molecule has 1 N–H and O–H groups in total. The highest BCUT2D eigenvalue weighted by Crippen LogP contribution is 2.31. The summed E-state index contributed by atoms with van der Waals surface area (Å²) in [5.74, 6) is 1.27. The summed E-state index contributed by atoms with van der Waals surface area (Å²) in [6.07, 6.45) is 0.853. The Labute approximate surface area is 171 Å². The molecule has 0 radical (unpaired) electrons. The van der Waals surface area contributed by atoms with Gasteiger partial charge in [-0.1, -0.05) is 18.2 Å². The van der Waals surface area contributed by atoms with Gasteiger partial charge in [0.05, 0.1) is 11.3 Å². The minimum absolute atomic E-state index is 0.425. The molecule has 4 nitrogen and oxygen atoms in total. The fraction of sp³-hybridized carbons (Fsp3) is 0.130. The maximum absolute atomic E-state index is 12.7. The average Bonchev–Trinajstić information content (AvgIpc) is 3.23. The van der Waals surface area contributed by atoms with Crippen molar-refractivity contribution in [3.63, 3.8) is 0 Å². The lowest BCUT2D eigenvalue weighted by Crippen LogP contribution is -2.04. The number of rotatable bonds is 5. The third kappa shape index (κ3) is 4.35. The zero-order valence-electron chi connectivity index (χ0n) is 16.1. The van der Waals surface area contributed by atoms with Crippen molar-refractivity contribution < 1.29 is 17.9 Å². The molecule has 30 heavy (non-hydrogen) atoms. The number of aromatic amines is 1. The highest BCUT2D eigenvalue weighted by Gasteiger charge is 2.30. The van der Waals surface area contributed by atoms with Crippen molar-refractivity contribution >= 4 is 0 Å². The molecule has 2 aromatic heterocycles. The summed E-state index contributed by atoms with van der Waals surface area (Å²) in [5.41, 5.74) is 3.42. The Morgan fingerprint density at radius 3 is 2.43 bits per heavy atom. The third-order valence-electron chi connectivity index (χ3n) is 4.65. The van der Waals surface area contributed by atoms with Crippen molar-refractivity contribution in [2.75, 3.05) is 0 Å². The Balaban J connectivity index is 1.50. The predicted octanol–water partition coefficient (Wildman–Crippen LogP) is 6.04. The molecule has 7 heteroatoms. The van der Waals surface area contributed by atoms with Crippen LogP contribution in [0, 0.1) is 6.92 Å². The van der Waals surface area contributed by atoms with Crippen LogP contribution in [-0.2, 0) is 12.8 Å². The molecule has 0 aliphatic heterocycles. The van der Waals surface area contributed by atoms with Gasteiger partial charge >= 0.3 is 6.18 Å². The number of hydrogen-bond acceptors (Lipinski definition) is 3. The first-order valence-electron chi connectivity index (χ1n) is 9.26. The van der Waals surface area contributed by atoms with Gasteiger partial charge in [0, 0.05) is 35.3 Å². The van der Waals surface area contributed by atoms with E-state index in [-0.39, 0.29) is 0 Å². The molecular weight excluding hydrogens is 391 g/mol. The van der Waals surface area contributed by atoms with Crippen LogP contribution in [0.3, 0.4) is 0 Å². The van der Waals surface area contributed by atoms with E-state index in [1.807, 2.05) is 37.3 Å². The van der Waals surface area contributed by atoms with Crippen LogP contribution in [0.25, 0.3) is 22.6 Å². The normalized spacial score (nSPS) is 11.5. The van der Waals surface area contributed by atoms with Crippen LogP contribution in [0.15, 0.2) is 73.2 Å². The number of imidazole rings is 1. The van der Waals surface area contributed by atoms with Crippen LogP contribution in [-0.4, -0.2) is 15.0 Å². The SMILES string of the molecule is Cc1cc(-c2c[nH]c(-c3ccc(C(F)(F)F)cc3)n2)ccc1OCc1cccnc1. The molecule has 4 aromatic rings. The molecule has 0 unspecified atom stereocenters. The number of aromatic nitrogens is 3. The van der Waals surface area contributed by atoms with Crippen LogP contribution in [0.5, 0.6) is 5.75 Å². The van der Waals surface area contributed by atoms with Gasteiger partial charge in [-0.15, -0.1) is 0 Å². The predicted molar refractivity (Wildman–Crippen MR) is 108 cm³/mol. The molecular formula is C23H18F3N3O. The summed E-state index contributed by atoms with van der Waals surface area (Å²) in [6, 6.07) is 14.5. The number of nitrogens with zero attached hydrogens (tertiary/aromatic N) is 2. The summed E-state index contributed by atoms with van der Waals surface area (Å²) >= 11 is 0. The second kappa shape index (κ2) is 8.02. The van der Waals surface area contributed by atoms with Crippen molar-refractivity contribution in [2.45, 2.75) is 19.7 Å². The largest absolute Gasteiger partial charge is 0.489 e. The lowest BCUT2D eigenvalue weighted by molar-refractivity contribution is -0.137. The lowest BCUT2D eigenvalue weighted by Gasteiger charge is -2.10. The second-order valence-electron chi connectivity index (χ2n) is 6.84. The minimum atomic E-state index is -4.36. The van der Waals surface area contributed by atoms with Crippen molar-refractivity contribution in [3.8, 4) is 28.4 Å². The Morgan fingerprint density at radius 1 is 1.00 bits per heavy atom. The number of hydrogen-bond donors (Lipinski definition) is 1. The van der Waals surface area contributed by atoms with Gasteiger partial charge < -0.3 is 9.72 Å². The molecule has 2 aromatic carbocycles. The maximum Gasteiger partial charge on any atom is 0.416 e. The number of pyridine rings is 1. The van der Waals surface area contributed by atoms with Crippen LogP contribution in [0.4, 0.5) is 13.2 Å². The number of ether oxygens (including phenoxy) is 1. The number of H-pyrrole nitrogens is 1. The average molecular weight is 409 g/mol. The fourth-order valence-electron chi connectivity index (χ4n) is 3.05. The zero-order chi connectivity index (χ0) is 21.1. The number of halogens is 3. The summed E-state index contributed by atoms with van der Waals surface area (Å²) in [4.78, 5) is 11.6. The van der Waals surface area contributed by atoms with Crippen molar-refractivity contribution in [2.24, 2.45) is 0 Å². The molecule has 0 aliphatic carbocycles. The highest BCUT2D eigenvalue weighted by atomic mass is 19.4. The Kier molecular flexibility index (Phi) is 5.27. The standard InChI is InChI=1S/C23H18F3N3O/c1-15-11-18(6-9-21(15)30-14-16-3-2-10-27-12-16)20-13-28-22(29-20)17-4-7-19(8-5-17)23(24,25)26/h2-13H,14H2,1H3,(H,28,29). The summed E-state index contributed by atoms with van der Waals surface area (Å²) in [7, 11) is 0. The molecule has 0 saturated carbocycles. The van der Waals surface area contributed by atoms with Crippen molar-refractivity contribution in [1.82, 2.24) is 15.0 Å². The summed E-state index contributed by atoms with van der Waals surface area (Å²) < 4.78 is 44.1. The molecule has 2 heterocycles. The van der Waals surface area contributed by atoms with Gasteiger partial charge in [0.25, 0.3) is 0 Å². The van der Waals surface area contributed by atoms with E-state index in [2.05, 4.69) is 15.0 Å². The molecule has 152 valence electrons. The van der Waals surface area contributed by atoms with Crippen molar-refractivity contribution in [3.05, 3.63) is 89.9 Å². The fourth-order valence-corrected chi connectivity index (χ4v) is 3.05. The highest BCUT2D eigenvalue weighted by molar-refractivity contribution is 5.66. The molecule has 0 saturated heterocycles. The van der Waals surface area contributed by atoms with E-state index in [4.69, 9.17) is 4.74 Å². The smallest absolute Gasteiger partial charge is 0.416 e. The van der Waals surface area contributed by atoms with E-state index in [0.29, 0.717) is 23.7 Å². The maximum atomic E-state index is 12.7. The Morgan fingerprint density at radius 2 is 1.77 bits per heavy atom. The van der Waals surface area contributed by atoms with E-state index in [9.17, 15) is 13.2 Å². The van der Waals surface area contributed by atoms with Crippen LogP contribution in [0.1, 0.15) is 16.7 Å². The van der Waals surface area contributed by atoms with Crippen LogP contribution >= 0.6 is 0 Å². The van der Waals surface area contributed by atoms with Crippen molar-refractivity contribution in [1.29, 1.82) is 0 Å². The number of nitrogens with one attached hydrogen (secondary N) is 1. The van der Waals surface area contributed by atoms with Gasteiger partial charge in [0.1, 0.15) is 18.2 Å². The first kappa shape index (κ1) is 19.7. The first-order valence-corrected chi connectivity index (χ1v) is 9.26. The third-order valence-corrected chi connectivity index (χ3v) is 4.65. The lowest BCUT2D eigenvalue weighted by atomic mass is 10.1. The molecule has 0 amide bonds. The number of alkyl halides is 3. The van der Waals surface area contributed by atoms with Crippen LogP contribution < -0.4 is 4.74 Å². The van der Waals surface area contributed by atoms with Gasteiger partial charge in [0.2, 0.25) is 0 Å². The van der Waals surface area contributed by atoms with Gasteiger partial charge in [-0.25, -0.2) is 4.98 Å². The first-order chi connectivity index (χ1) is 14.4. The minimum Gasteiger partial charge on any atom is -0.489 e. The molecule has 0 atom stereocenters. The van der Waals surface area contributed by atoms with E-state index < -0.39 is 11.7 Å². The Bertz CT molecular complexity index is 1140.